The second-order valence-electron chi connectivity index (χ2n) is 10.7. The number of carboxylic acid groups (broad SMARTS) is 1. The van der Waals surface area contributed by atoms with Gasteiger partial charge in [-0.05, 0) is 24.3 Å². The number of amidine groups is 1. The van der Waals surface area contributed by atoms with Crippen LogP contribution < -0.4 is 104 Å². The maximum atomic E-state index is 14.5. The Kier molecular flexibility index (Phi) is 25.9. The van der Waals surface area contributed by atoms with Crippen molar-refractivity contribution < 1.29 is 178 Å². The molecule has 0 amide bonds. The standard InChI is InChI=1S/C28H28FN9O15S4.Cu.3Na/c1-38(9-11-55(43,44)12-10-51-57(48,49)50)28-32-26(29)31-27(33-28)30-21-14-18(56(45,46)47)15-22(23(21)39)35-37-24(16-5-3-2-4-6-16)36-34-20-13-17(54-53-52-42)7-8-19(20)25(40)41;;;;/h2-8,13-15H,9-12H2,1H3,(H7,30,31,32,33,34,35,36,37,39,40,41,42,45,46,47,48,49,50);;;;/q;4*+1/p-4. The van der Waals surface area contributed by atoms with E-state index in [4.69, 9.17) is 0 Å². The van der Waals surface area contributed by atoms with Crippen molar-refractivity contribution in [3.63, 3.8) is 0 Å². The summed E-state index contributed by atoms with van der Waals surface area (Å²) in [7, 11) is -13.2. The number of hydrogen-bond donors (Lipinski definition) is 3. The van der Waals surface area contributed by atoms with Crippen LogP contribution in [0.5, 0.6) is 5.75 Å². The number of aromatic nitrogens is 3. The third kappa shape index (κ3) is 19.3. The molecule has 0 radical (unpaired) electrons. The second-order valence-corrected chi connectivity index (χ2v) is 16.3. The fraction of sp³-hybridized carbons (Fsp3) is 0.179. The maximum Gasteiger partial charge on any atom is 1.00 e. The molecule has 3 N–H and O–H groups in total. The van der Waals surface area contributed by atoms with Crippen LogP contribution in [0.25, 0.3) is 5.43 Å². The zero-order valence-corrected chi connectivity index (χ0v) is 41.9. The quantitative estimate of drug-likeness (QED) is 0.00750. The molecule has 0 aliphatic carbocycles. The molecule has 33 heteroatoms. The van der Waals surface area contributed by atoms with Gasteiger partial charge in [-0.2, -0.15) is 23.7 Å². The molecular formula is C28H24CuFN9Na3O15S4. The predicted molar refractivity (Wildman–Crippen MR) is 189 cm³/mol. The molecule has 0 saturated heterocycles. The number of phenolic OH excluding ortho intramolecular Hbond substituents is 1. The first kappa shape index (κ1) is 59.0. The Hall–Kier alpha value is -1.98. The van der Waals surface area contributed by atoms with Crippen molar-refractivity contribution in [1.82, 2.24) is 15.0 Å². The number of aromatic carboxylic acids is 1. The Morgan fingerprint density at radius 3 is 2.26 bits per heavy atom. The summed E-state index contributed by atoms with van der Waals surface area (Å²) in [6, 6.07) is 12.6. The van der Waals surface area contributed by atoms with Crippen molar-refractivity contribution in [2.24, 2.45) is 15.3 Å². The smallest absolute Gasteiger partial charge is 0.744 e. The van der Waals surface area contributed by atoms with Crippen LogP contribution in [0, 0.1) is 6.08 Å². The number of rotatable bonds is 19. The number of anilines is 3. The largest absolute Gasteiger partial charge is 1.00 e. The molecular weight excluding hydrogens is 982 g/mol. The minimum Gasteiger partial charge on any atom is -0.744 e. The van der Waals surface area contributed by atoms with Gasteiger partial charge in [0.25, 0.3) is 0 Å². The Labute approximate surface area is 427 Å². The number of nitrogens with one attached hydrogen (secondary N) is 1. The third-order valence-corrected chi connectivity index (χ3v) is 10.2. The number of hydrogen-bond acceptors (Lipinski definition) is 22. The Bertz CT molecular complexity index is 2520. The van der Waals surface area contributed by atoms with E-state index in [0.29, 0.717) is 24.2 Å². The number of halogens is 1. The molecule has 0 unspecified atom stereocenters. The van der Waals surface area contributed by atoms with E-state index in [1.54, 1.807) is 18.2 Å². The molecule has 0 fully saturated rings. The molecule has 4 rings (SSSR count). The zero-order chi connectivity index (χ0) is 42.0. The molecule has 1 aromatic heterocycles. The van der Waals surface area contributed by atoms with E-state index in [2.05, 4.69) is 54.6 Å². The van der Waals surface area contributed by atoms with Crippen LogP contribution in [-0.2, 0) is 61.0 Å². The summed E-state index contributed by atoms with van der Waals surface area (Å²) in [4.78, 5) is 22.8. The first-order valence-electron chi connectivity index (χ1n) is 15.0. The summed E-state index contributed by atoms with van der Waals surface area (Å²) < 4.78 is 115. The van der Waals surface area contributed by atoms with Gasteiger partial charge in [0.2, 0.25) is 22.3 Å². The first-order valence-corrected chi connectivity index (χ1v) is 20.3. The van der Waals surface area contributed by atoms with Crippen LogP contribution >= 0.6 is 12.0 Å². The van der Waals surface area contributed by atoms with E-state index in [9.17, 15) is 59.0 Å². The van der Waals surface area contributed by atoms with E-state index in [1.807, 2.05) is 0 Å². The third-order valence-electron chi connectivity index (χ3n) is 6.79. The van der Waals surface area contributed by atoms with Gasteiger partial charge < -0.3 is 45.3 Å². The average Bonchev–Trinajstić information content (AvgIpc) is 3.13. The zero-order valence-electron chi connectivity index (χ0n) is 31.7. The van der Waals surface area contributed by atoms with E-state index in [-0.39, 0.29) is 133 Å². The number of azo groups is 1. The maximum absolute atomic E-state index is 14.5. The van der Waals surface area contributed by atoms with Gasteiger partial charge in [0.15, 0.2) is 21.4 Å². The van der Waals surface area contributed by atoms with Crippen LogP contribution in [0.15, 0.2) is 85.8 Å². The topological polar surface area (TPSA) is 362 Å². The number of aromatic hydroxyl groups is 1. The average molecular weight is 1010 g/mol. The van der Waals surface area contributed by atoms with Crippen molar-refractivity contribution in [1.29, 1.82) is 0 Å². The summed E-state index contributed by atoms with van der Waals surface area (Å²) in [5.74, 6) is -5.33. The molecule has 0 aliphatic rings. The molecule has 3 aromatic carbocycles. The predicted octanol–water partition coefficient (Wildman–Crippen LogP) is -7.22. The van der Waals surface area contributed by atoms with Crippen molar-refractivity contribution in [2.75, 3.05) is 41.9 Å². The fourth-order valence-electron chi connectivity index (χ4n) is 4.14. The van der Waals surface area contributed by atoms with E-state index in [1.165, 1.54) is 31.3 Å². The summed E-state index contributed by atoms with van der Waals surface area (Å²) >= 11 is 0.437. The molecule has 0 saturated carbocycles. The van der Waals surface area contributed by atoms with Gasteiger partial charge >= 0.3 is 118 Å². The Morgan fingerprint density at radius 2 is 1.66 bits per heavy atom. The number of carboxylic acids is 1. The van der Waals surface area contributed by atoms with Crippen LogP contribution in [0.2, 0.25) is 0 Å². The normalized spacial score (nSPS) is 11.7. The number of sulfone groups is 1. The van der Waals surface area contributed by atoms with Crippen molar-refractivity contribution in [3.05, 3.63) is 83.3 Å². The molecule has 24 nitrogen and oxygen atoms in total. The van der Waals surface area contributed by atoms with E-state index >= 15 is 0 Å². The van der Waals surface area contributed by atoms with Gasteiger partial charge in [0, 0.05) is 29.6 Å². The molecule has 316 valence electrons. The molecule has 0 spiro atoms. The Balaban J connectivity index is 0.00000900. The van der Waals surface area contributed by atoms with E-state index in [0.717, 1.165) is 11.0 Å². The molecule has 1 heterocycles. The first-order chi connectivity index (χ1) is 26.7. The summed E-state index contributed by atoms with van der Waals surface area (Å²) in [5.41, 5.74) is 2.25. The SMILES string of the molecule is CN(CCS(=O)(=O)CCOS(=O)(=O)[O-])c1nc(F)nc(Nc2cc(S(=O)(=O)[O-])cc(N=N/C(=N\[N-]c3cc(SOO[O-])ccc3C(=O)O)c3ccccc3)c2O)n1.[Cu+].[Na+].[Na+].[Na+]. The van der Waals surface area contributed by atoms with Crippen LogP contribution in [0.3, 0.4) is 0 Å². The summed E-state index contributed by atoms with van der Waals surface area (Å²) in [6.07, 6.45) is -1.44. The van der Waals surface area contributed by atoms with Crippen molar-refractivity contribution in [2.45, 2.75) is 9.79 Å². The number of carbonyl (C=O) groups is 1. The van der Waals surface area contributed by atoms with E-state index < -0.39 is 101 Å². The van der Waals surface area contributed by atoms with Gasteiger partial charge in [-0.25, -0.2) is 30.0 Å². The Morgan fingerprint density at radius 1 is 0.984 bits per heavy atom. The molecule has 0 bridgehead atoms. The minimum atomic E-state index is -5.28. The number of phenols is 1. The second kappa shape index (κ2) is 26.7. The van der Waals surface area contributed by atoms with Gasteiger partial charge in [-0.15, -0.1) is 15.9 Å². The van der Waals surface area contributed by atoms with Crippen LogP contribution in [-0.4, -0.2) is 103 Å². The van der Waals surface area contributed by atoms with Crippen LogP contribution in [0.1, 0.15) is 15.9 Å². The molecule has 0 aliphatic heterocycles. The van der Waals surface area contributed by atoms with Gasteiger partial charge in [-0.3, -0.25) is 9.22 Å². The van der Waals surface area contributed by atoms with Crippen molar-refractivity contribution in [3.8, 4) is 5.75 Å². The number of benzene rings is 3. The van der Waals surface area contributed by atoms with Gasteiger partial charge in [0.1, 0.15) is 15.8 Å². The van der Waals surface area contributed by atoms with Gasteiger partial charge in [-0.1, -0.05) is 36.4 Å². The summed E-state index contributed by atoms with van der Waals surface area (Å²) in [5, 5.41) is 48.3. The van der Waals surface area contributed by atoms with Gasteiger partial charge in [0.05, 0.1) is 40.7 Å². The number of nitrogens with zero attached hydrogens (tertiary/aromatic N) is 8. The fourth-order valence-corrected chi connectivity index (χ4v) is 6.54. The summed E-state index contributed by atoms with van der Waals surface area (Å²) in [6.45, 7) is -1.34. The van der Waals surface area contributed by atoms with Crippen LogP contribution in [0.4, 0.5) is 33.3 Å². The van der Waals surface area contributed by atoms with Crippen molar-refractivity contribution >= 4 is 83.2 Å². The molecule has 0 atom stereocenters. The molecule has 61 heavy (non-hydrogen) atoms. The molecule has 4 aromatic rings. The minimum absolute atomic E-state index is 0. The monoisotopic (exact) mass is 1000 g/mol.